The molecule has 0 rings (SSSR count). The average molecular weight is 156 g/mol. The molecule has 0 aromatic carbocycles. The molecular weight excluding hydrogens is 136 g/mol. The summed E-state index contributed by atoms with van der Waals surface area (Å²) in [5.41, 5.74) is 1.35. The molecular formula is C9H20N2. The molecule has 0 unspecified atom stereocenters. The predicted octanol–water partition coefficient (Wildman–Crippen LogP) is 1.50. The number of hydrogen-bond donors (Lipinski definition) is 2. The van der Waals surface area contributed by atoms with Gasteiger partial charge in [0.15, 0.2) is 0 Å². The Labute approximate surface area is 70.1 Å². The first-order valence-electron chi connectivity index (χ1n) is 4.35. The average Bonchev–Trinajstić information content (AvgIpc) is 1.99. The summed E-state index contributed by atoms with van der Waals surface area (Å²) in [6.07, 6.45) is 4.60. The fourth-order valence-corrected chi connectivity index (χ4v) is 0.855. The molecule has 0 amide bonds. The molecule has 0 atom stereocenters. The van der Waals surface area contributed by atoms with E-state index in [4.69, 9.17) is 0 Å². The third-order valence-electron chi connectivity index (χ3n) is 1.48. The summed E-state index contributed by atoms with van der Waals surface area (Å²) < 4.78 is 0. The number of rotatable bonds is 6. The lowest BCUT2D eigenvalue weighted by atomic mass is 10.3. The van der Waals surface area contributed by atoms with Crippen LogP contribution in [0.5, 0.6) is 0 Å². The monoisotopic (exact) mass is 156 g/mol. The van der Waals surface area contributed by atoms with Crippen molar-refractivity contribution >= 4 is 0 Å². The Hall–Kier alpha value is -0.500. The molecule has 2 nitrogen and oxygen atoms in total. The quantitative estimate of drug-likeness (QED) is 0.569. The van der Waals surface area contributed by atoms with Gasteiger partial charge < -0.3 is 10.6 Å². The van der Waals surface area contributed by atoms with E-state index in [1.165, 1.54) is 18.4 Å². The fourth-order valence-electron chi connectivity index (χ4n) is 0.855. The number of hydrogen-bond acceptors (Lipinski definition) is 2. The van der Waals surface area contributed by atoms with E-state index in [1.54, 1.807) is 0 Å². The van der Waals surface area contributed by atoms with Gasteiger partial charge in [-0.05, 0) is 32.2 Å². The van der Waals surface area contributed by atoms with E-state index in [9.17, 15) is 0 Å². The second kappa shape index (κ2) is 7.61. The molecule has 0 heterocycles. The highest BCUT2D eigenvalue weighted by Crippen LogP contribution is 1.87. The smallest absolute Gasteiger partial charge is 0.0176 e. The van der Waals surface area contributed by atoms with Crippen molar-refractivity contribution in [2.45, 2.75) is 26.7 Å². The van der Waals surface area contributed by atoms with Gasteiger partial charge >= 0.3 is 0 Å². The van der Waals surface area contributed by atoms with Crippen LogP contribution in [0.15, 0.2) is 11.8 Å². The Balaban J connectivity index is 3.24. The first-order chi connectivity index (χ1) is 5.31. The lowest BCUT2D eigenvalue weighted by molar-refractivity contribution is 0.727. The van der Waals surface area contributed by atoms with Crippen molar-refractivity contribution in [3.05, 3.63) is 11.8 Å². The van der Waals surface area contributed by atoms with E-state index in [2.05, 4.69) is 30.7 Å². The number of nitrogens with one attached hydrogen (secondary N) is 2. The lowest BCUT2D eigenvalue weighted by Gasteiger charge is -2.01. The largest absolute Gasteiger partial charge is 0.391 e. The minimum atomic E-state index is 0.971. The molecule has 0 saturated heterocycles. The van der Waals surface area contributed by atoms with Gasteiger partial charge in [0.1, 0.15) is 0 Å². The number of unbranched alkanes of at least 4 members (excludes halogenated alkanes) is 1. The summed E-state index contributed by atoms with van der Waals surface area (Å²) in [6, 6.07) is 0. The van der Waals surface area contributed by atoms with Gasteiger partial charge in [0.25, 0.3) is 0 Å². The zero-order valence-electron chi connectivity index (χ0n) is 7.91. The second-order valence-corrected chi connectivity index (χ2v) is 2.83. The minimum Gasteiger partial charge on any atom is -0.391 e. The van der Waals surface area contributed by atoms with Crippen molar-refractivity contribution < 1.29 is 0 Å². The topological polar surface area (TPSA) is 24.1 Å². The van der Waals surface area contributed by atoms with E-state index < -0.39 is 0 Å². The summed E-state index contributed by atoms with van der Waals surface area (Å²) in [6.45, 7) is 6.39. The van der Waals surface area contributed by atoms with Crippen molar-refractivity contribution in [1.29, 1.82) is 0 Å². The van der Waals surface area contributed by atoms with Crippen LogP contribution in [0.1, 0.15) is 26.7 Å². The van der Waals surface area contributed by atoms with E-state index in [0.29, 0.717) is 0 Å². The van der Waals surface area contributed by atoms with Crippen LogP contribution in [0.3, 0.4) is 0 Å². The van der Waals surface area contributed by atoms with Crippen molar-refractivity contribution in [2.24, 2.45) is 0 Å². The Morgan fingerprint density at radius 3 is 2.73 bits per heavy atom. The lowest BCUT2D eigenvalue weighted by Crippen LogP contribution is -2.13. The Kier molecular flexibility index (Phi) is 7.26. The highest BCUT2D eigenvalue weighted by Gasteiger charge is 1.84. The van der Waals surface area contributed by atoms with Gasteiger partial charge in [-0.25, -0.2) is 0 Å². The molecule has 0 spiro atoms. The molecule has 0 radical (unpaired) electrons. The van der Waals surface area contributed by atoms with Crippen LogP contribution in [0.2, 0.25) is 0 Å². The van der Waals surface area contributed by atoms with Gasteiger partial charge in [-0.15, -0.1) is 0 Å². The van der Waals surface area contributed by atoms with Crippen LogP contribution in [0, 0.1) is 0 Å². The summed E-state index contributed by atoms with van der Waals surface area (Å²) in [7, 11) is 1.96. The molecule has 0 saturated carbocycles. The van der Waals surface area contributed by atoms with Crippen molar-refractivity contribution in [3.63, 3.8) is 0 Å². The van der Waals surface area contributed by atoms with E-state index in [1.807, 2.05) is 7.05 Å². The van der Waals surface area contributed by atoms with Gasteiger partial charge in [0, 0.05) is 13.1 Å². The van der Waals surface area contributed by atoms with E-state index in [0.717, 1.165) is 13.1 Å². The highest BCUT2D eigenvalue weighted by atomic mass is 14.8. The third-order valence-corrected chi connectivity index (χ3v) is 1.48. The van der Waals surface area contributed by atoms with Gasteiger partial charge in [0.2, 0.25) is 0 Å². The molecule has 11 heavy (non-hydrogen) atoms. The maximum Gasteiger partial charge on any atom is 0.0176 e. The first kappa shape index (κ1) is 10.5. The maximum atomic E-state index is 3.27. The van der Waals surface area contributed by atoms with Gasteiger partial charge in [-0.3, -0.25) is 0 Å². The summed E-state index contributed by atoms with van der Waals surface area (Å²) in [5, 5.41) is 6.37. The Bertz CT molecular complexity index is 108. The van der Waals surface area contributed by atoms with E-state index in [-0.39, 0.29) is 0 Å². The normalized spacial score (nSPS) is 11.7. The van der Waals surface area contributed by atoms with Crippen LogP contribution >= 0.6 is 0 Å². The molecule has 0 aromatic heterocycles. The first-order valence-corrected chi connectivity index (χ1v) is 4.35. The Morgan fingerprint density at radius 1 is 1.45 bits per heavy atom. The van der Waals surface area contributed by atoms with Crippen LogP contribution in [-0.4, -0.2) is 20.1 Å². The summed E-state index contributed by atoms with van der Waals surface area (Å²) >= 11 is 0. The Morgan fingerprint density at radius 2 is 2.18 bits per heavy atom. The summed E-state index contributed by atoms with van der Waals surface area (Å²) in [5.74, 6) is 0. The number of likely N-dealkylation sites (N-methyl/N-ethyl adjacent to an activating group) is 1. The van der Waals surface area contributed by atoms with Crippen LogP contribution in [-0.2, 0) is 0 Å². The zero-order valence-corrected chi connectivity index (χ0v) is 7.91. The van der Waals surface area contributed by atoms with Crippen LogP contribution in [0.4, 0.5) is 0 Å². The highest BCUT2D eigenvalue weighted by molar-refractivity contribution is 4.98. The molecule has 2 heteroatoms. The van der Waals surface area contributed by atoms with Crippen molar-refractivity contribution in [2.75, 3.05) is 20.1 Å². The molecule has 0 bridgehead atoms. The maximum absolute atomic E-state index is 3.27. The van der Waals surface area contributed by atoms with Crippen molar-refractivity contribution in [1.82, 2.24) is 10.6 Å². The molecule has 0 aliphatic rings. The van der Waals surface area contributed by atoms with Crippen LogP contribution in [0.25, 0.3) is 0 Å². The molecule has 0 aromatic rings. The molecule has 66 valence electrons. The molecule has 2 N–H and O–H groups in total. The molecule has 0 fully saturated rings. The summed E-state index contributed by atoms with van der Waals surface area (Å²) in [4.78, 5) is 0. The second-order valence-electron chi connectivity index (χ2n) is 2.83. The van der Waals surface area contributed by atoms with Crippen LogP contribution < -0.4 is 10.6 Å². The standard InChI is InChI=1S/C9H20N2/c1-4-5-6-11-8-9(2)7-10-3/h8,10-11H,4-7H2,1-3H3/b9-8+. The van der Waals surface area contributed by atoms with E-state index >= 15 is 0 Å². The molecule has 0 aliphatic carbocycles. The van der Waals surface area contributed by atoms with Gasteiger partial charge in [-0.1, -0.05) is 13.3 Å². The van der Waals surface area contributed by atoms with Gasteiger partial charge in [-0.2, -0.15) is 0 Å². The SMILES string of the molecule is CCCCN/C=C(\C)CNC. The molecule has 0 aliphatic heterocycles. The van der Waals surface area contributed by atoms with Crippen molar-refractivity contribution in [3.8, 4) is 0 Å². The predicted molar refractivity (Wildman–Crippen MR) is 50.6 cm³/mol. The fraction of sp³-hybridized carbons (Fsp3) is 0.778. The zero-order chi connectivity index (χ0) is 8.53. The van der Waals surface area contributed by atoms with Gasteiger partial charge in [0.05, 0.1) is 0 Å². The third kappa shape index (κ3) is 7.40. The minimum absolute atomic E-state index is 0.971.